The summed E-state index contributed by atoms with van der Waals surface area (Å²) in [4.78, 5) is 28.0. The zero-order valence-electron chi connectivity index (χ0n) is 25.5. The molecule has 7 heteroatoms. The van der Waals surface area contributed by atoms with Gasteiger partial charge in [-0.1, -0.05) is 60.7 Å². The van der Waals surface area contributed by atoms with Gasteiger partial charge in [0.2, 0.25) is 0 Å². The minimum Gasteiger partial charge on any atom is -0.488 e. The Bertz CT molecular complexity index is 1650. The van der Waals surface area contributed by atoms with Gasteiger partial charge in [0, 0.05) is 11.5 Å². The Balaban J connectivity index is 1.55. The molecule has 1 aliphatic rings. The molecule has 0 radical (unpaired) electrons. The Hall–Kier alpha value is -4.39. The molecule has 0 aromatic heterocycles. The van der Waals surface area contributed by atoms with Crippen LogP contribution in [0.15, 0.2) is 78.9 Å². The van der Waals surface area contributed by atoms with Crippen molar-refractivity contribution in [2.45, 2.75) is 64.7 Å². The third-order valence-electron chi connectivity index (χ3n) is 8.07. The van der Waals surface area contributed by atoms with Gasteiger partial charge in [-0.25, -0.2) is 14.0 Å². The largest absolute Gasteiger partial charge is 0.488 e. The van der Waals surface area contributed by atoms with Crippen LogP contribution in [0, 0.1) is 12.7 Å². The highest BCUT2D eigenvalue weighted by Gasteiger charge is 2.37. The third kappa shape index (κ3) is 6.21. The maximum absolute atomic E-state index is 15.6. The highest BCUT2D eigenvalue weighted by atomic mass is 19.1. The van der Waals surface area contributed by atoms with Crippen molar-refractivity contribution in [2.24, 2.45) is 0 Å². The number of carbonyl (C=O) groups is 2. The fourth-order valence-corrected chi connectivity index (χ4v) is 6.05. The van der Waals surface area contributed by atoms with Crippen molar-refractivity contribution in [2.75, 3.05) is 13.7 Å². The maximum Gasteiger partial charge on any atom is 0.410 e. The van der Waals surface area contributed by atoms with Crippen LogP contribution in [0.1, 0.15) is 78.7 Å². The number of hydrogen-bond acceptors (Lipinski definition) is 5. The molecule has 0 aliphatic carbocycles. The minimum absolute atomic E-state index is 0.210. The lowest BCUT2D eigenvalue weighted by Gasteiger charge is -2.38. The van der Waals surface area contributed by atoms with Gasteiger partial charge >= 0.3 is 12.1 Å². The van der Waals surface area contributed by atoms with Gasteiger partial charge in [-0.15, -0.1) is 0 Å². The predicted molar refractivity (Wildman–Crippen MR) is 165 cm³/mol. The van der Waals surface area contributed by atoms with Gasteiger partial charge in [0.1, 0.15) is 23.3 Å². The number of fused-ring (bicyclic) bond motifs is 2. The Morgan fingerprint density at radius 2 is 1.70 bits per heavy atom. The van der Waals surface area contributed by atoms with E-state index in [0.717, 1.165) is 21.9 Å². The highest BCUT2D eigenvalue weighted by molar-refractivity contribution is 5.91. The molecule has 6 nitrogen and oxygen atoms in total. The molecule has 4 aromatic rings. The van der Waals surface area contributed by atoms with Crippen molar-refractivity contribution in [1.29, 1.82) is 0 Å². The second kappa shape index (κ2) is 12.1. The Kier molecular flexibility index (Phi) is 8.45. The first kappa shape index (κ1) is 30.1. The van der Waals surface area contributed by atoms with E-state index in [4.69, 9.17) is 14.2 Å². The lowest BCUT2D eigenvalue weighted by molar-refractivity contribution is 0.00564. The number of para-hydroxylation sites is 1. The number of esters is 1. The maximum atomic E-state index is 15.6. The standard InChI is InChI=1S/C36H38FNO5/c1-22-26(34(39)41-6)18-19-31(37)33(22)30-20-25(42-32-17-10-9-15-29(30)32)21-38(35(40)43-36(3,4)5)23(2)27-16-11-13-24-12-7-8-14-28(24)27/h7-19,23,25,30H,20-21H2,1-6H3. The van der Waals surface area contributed by atoms with Crippen LogP contribution in [0.25, 0.3) is 10.8 Å². The summed E-state index contributed by atoms with van der Waals surface area (Å²) >= 11 is 0. The lowest BCUT2D eigenvalue weighted by Crippen LogP contribution is -2.45. The predicted octanol–water partition coefficient (Wildman–Crippen LogP) is 8.36. The molecule has 224 valence electrons. The van der Waals surface area contributed by atoms with Crippen LogP contribution in [-0.4, -0.2) is 42.3 Å². The third-order valence-corrected chi connectivity index (χ3v) is 8.07. The Morgan fingerprint density at radius 3 is 2.44 bits per heavy atom. The van der Waals surface area contributed by atoms with Gasteiger partial charge in [0.25, 0.3) is 0 Å². The van der Waals surface area contributed by atoms with Crippen molar-refractivity contribution in [3.8, 4) is 5.75 Å². The molecule has 0 saturated heterocycles. The molecule has 5 rings (SSSR count). The zero-order chi connectivity index (χ0) is 30.9. The molecule has 3 unspecified atom stereocenters. The Labute approximate surface area is 252 Å². The quantitative estimate of drug-likeness (QED) is 0.214. The van der Waals surface area contributed by atoms with E-state index < -0.39 is 35.5 Å². The molecule has 1 heterocycles. The van der Waals surface area contributed by atoms with Crippen LogP contribution in [-0.2, 0) is 9.47 Å². The average molecular weight is 584 g/mol. The van der Waals surface area contributed by atoms with E-state index in [1.54, 1.807) is 11.8 Å². The van der Waals surface area contributed by atoms with Crippen molar-refractivity contribution in [3.63, 3.8) is 0 Å². The normalized spacial score (nSPS) is 17.0. The van der Waals surface area contributed by atoms with Crippen molar-refractivity contribution < 1.29 is 28.2 Å². The number of hydrogen-bond donors (Lipinski definition) is 0. The molecule has 4 aromatic carbocycles. The van der Waals surface area contributed by atoms with Gasteiger partial charge in [-0.2, -0.15) is 0 Å². The highest BCUT2D eigenvalue weighted by Crippen LogP contribution is 2.43. The number of methoxy groups -OCH3 is 1. The molecule has 3 atom stereocenters. The smallest absolute Gasteiger partial charge is 0.410 e. The van der Waals surface area contributed by atoms with Crippen molar-refractivity contribution in [1.82, 2.24) is 4.90 Å². The van der Waals surface area contributed by atoms with Crippen molar-refractivity contribution >= 4 is 22.8 Å². The fraction of sp³-hybridized carbons (Fsp3) is 0.333. The van der Waals surface area contributed by atoms with E-state index in [9.17, 15) is 9.59 Å². The SMILES string of the molecule is COC(=O)c1ccc(F)c(C2CC(CN(C(=O)OC(C)(C)C)C(C)c3cccc4ccccc34)Oc3ccccc32)c1C. The van der Waals surface area contributed by atoms with Gasteiger partial charge in [-0.3, -0.25) is 4.90 Å². The summed E-state index contributed by atoms with van der Waals surface area (Å²) in [6, 6.07) is 24.1. The van der Waals surface area contributed by atoms with Gasteiger partial charge < -0.3 is 14.2 Å². The first-order valence-electron chi connectivity index (χ1n) is 14.6. The van der Waals surface area contributed by atoms with Crippen LogP contribution in [0.5, 0.6) is 5.75 Å². The number of nitrogens with zero attached hydrogens (tertiary/aromatic N) is 1. The number of ether oxygens (including phenoxy) is 3. The molecule has 1 amide bonds. The summed E-state index contributed by atoms with van der Waals surface area (Å²) in [5.74, 6) is -0.713. The lowest BCUT2D eigenvalue weighted by atomic mass is 9.80. The summed E-state index contributed by atoms with van der Waals surface area (Å²) in [5, 5.41) is 2.13. The fourth-order valence-electron chi connectivity index (χ4n) is 6.05. The molecule has 0 saturated carbocycles. The molecule has 0 fully saturated rings. The first-order valence-corrected chi connectivity index (χ1v) is 14.6. The summed E-state index contributed by atoms with van der Waals surface area (Å²) in [5.41, 5.74) is 2.39. The summed E-state index contributed by atoms with van der Waals surface area (Å²) < 4.78 is 32.9. The second-order valence-corrected chi connectivity index (χ2v) is 12.1. The number of rotatable bonds is 6. The topological polar surface area (TPSA) is 65.1 Å². The minimum atomic E-state index is -0.703. The molecular formula is C36H38FNO5. The average Bonchev–Trinajstić information content (AvgIpc) is 2.98. The summed E-state index contributed by atoms with van der Waals surface area (Å²) in [6.07, 6.45) is -0.548. The van der Waals surface area contributed by atoms with Crippen LogP contribution < -0.4 is 4.74 Å². The summed E-state index contributed by atoms with van der Waals surface area (Å²) in [6.45, 7) is 9.47. The first-order chi connectivity index (χ1) is 20.5. The number of benzene rings is 4. The monoisotopic (exact) mass is 583 g/mol. The molecule has 43 heavy (non-hydrogen) atoms. The summed E-state index contributed by atoms with van der Waals surface area (Å²) in [7, 11) is 1.31. The zero-order valence-corrected chi connectivity index (χ0v) is 25.5. The van der Waals surface area contributed by atoms with Crippen LogP contribution in [0.3, 0.4) is 0 Å². The number of carbonyl (C=O) groups excluding carboxylic acids is 2. The molecule has 0 bridgehead atoms. The van der Waals surface area contributed by atoms with Crippen LogP contribution in [0.4, 0.5) is 9.18 Å². The van der Waals surface area contributed by atoms with Gasteiger partial charge in [-0.05, 0) is 86.7 Å². The van der Waals surface area contributed by atoms with Crippen LogP contribution in [0.2, 0.25) is 0 Å². The van der Waals surface area contributed by atoms with E-state index in [2.05, 4.69) is 18.2 Å². The molecule has 1 aliphatic heterocycles. The van der Waals surface area contributed by atoms with Crippen molar-refractivity contribution in [3.05, 3.63) is 112 Å². The van der Waals surface area contributed by atoms with E-state index in [1.807, 2.05) is 76.2 Å². The van der Waals surface area contributed by atoms with E-state index >= 15 is 4.39 Å². The molecule has 0 N–H and O–H groups in total. The van der Waals surface area contributed by atoms with Gasteiger partial charge in [0.15, 0.2) is 0 Å². The number of halogens is 1. The second-order valence-electron chi connectivity index (χ2n) is 12.1. The van der Waals surface area contributed by atoms with E-state index in [-0.39, 0.29) is 12.6 Å². The molecule has 0 spiro atoms. The Morgan fingerprint density at radius 1 is 1.00 bits per heavy atom. The van der Waals surface area contributed by atoms with Crippen LogP contribution >= 0.6 is 0 Å². The molecular weight excluding hydrogens is 545 g/mol. The van der Waals surface area contributed by atoms with E-state index in [0.29, 0.717) is 28.9 Å². The number of amides is 1. The van der Waals surface area contributed by atoms with E-state index in [1.165, 1.54) is 19.2 Å². The van der Waals surface area contributed by atoms with Gasteiger partial charge in [0.05, 0.1) is 25.3 Å².